The first-order valence-electron chi connectivity index (χ1n) is 5.12. The van der Waals surface area contributed by atoms with Gasteiger partial charge in [0, 0.05) is 30.5 Å². The van der Waals surface area contributed by atoms with Gasteiger partial charge in [-0.3, -0.25) is 0 Å². The quantitative estimate of drug-likeness (QED) is 0.656. The molecule has 0 saturated carbocycles. The molecule has 0 amide bonds. The first-order chi connectivity index (χ1) is 6.75. The summed E-state index contributed by atoms with van der Waals surface area (Å²) in [6.07, 6.45) is 2.33. The molecule has 0 radical (unpaired) electrons. The monoisotopic (exact) mass is 191 g/mol. The Bertz CT molecular complexity index is 294. The van der Waals surface area contributed by atoms with Gasteiger partial charge < -0.3 is 16.4 Å². The molecule has 2 rings (SSSR count). The van der Waals surface area contributed by atoms with Crippen molar-refractivity contribution in [3.63, 3.8) is 0 Å². The molecule has 0 spiro atoms. The molecule has 1 aliphatic rings. The van der Waals surface area contributed by atoms with E-state index in [9.17, 15) is 0 Å². The topological polar surface area (TPSA) is 55.3 Å². The summed E-state index contributed by atoms with van der Waals surface area (Å²) in [6.45, 7) is 2.07. The third kappa shape index (κ3) is 1.99. The standard InChI is InChI=1S/C11H17N3/c12-9-3-5-11(6-4-9)14-7-1-2-10(13)8-14/h3-6,10H,1-2,7-8,12-13H2. The van der Waals surface area contributed by atoms with Crippen molar-refractivity contribution in [1.82, 2.24) is 0 Å². The molecular formula is C11H17N3. The maximum Gasteiger partial charge on any atom is 0.0368 e. The average molecular weight is 191 g/mol. The molecule has 3 heteroatoms. The van der Waals surface area contributed by atoms with Crippen LogP contribution in [0.2, 0.25) is 0 Å². The summed E-state index contributed by atoms with van der Waals surface area (Å²) >= 11 is 0. The lowest BCUT2D eigenvalue weighted by molar-refractivity contribution is 0.506. The van der Waals surface area contributed by atoms with Crippen molar-refractivity contribution < 1.29 is 0 Å². The van der Waals surface area contributed by atoms with E-state index in [0.717, 1.165) is 25.2 Å². The summed E-state index contributed by atoms with van der Waals surface area (Å²) in [5.74, 6) is 0. The van der Waals surface area contributed by atoms with Gasteiger partial charge in [0.2, 0.25) is 0 Å². The van der Waals surface area contributed by atoms with Crippen molar-refractivity contribution in [2.75, 3.05) is 23.7 Å². The molecule has 1 aliphatic heterocycles. The molecule has 14 heavy (non-hydrogen) atoms. The Balaban J connectivity index is 2.10. The summed E-state index contributed by atoms with van der Waals surface area (Å²) in [7, 11) is 0. The van der Waals surface area contributed by atoms with E-state index in [1.54, 1.807) is 0 Å². The summed E-state index contributed by atoms with van der Waals surface area (Å²) in [5.41, 5.74) is 13.6. The number of rotatable bonds is 1. The molecule has 4 N–H and O–H groups in total. The van der Waals surface area contributed by atoms with E-state index in [0.29, 0.717) is 6.04 Å². The first-order valence-corrected chi connectivity index (χ1v) is 5.12. The van der Waals surface area contributed by atoms with Crippen LogP contribution < -0.4 is 16.4 Å². The zero-order chi connectivity index (χ0) is 9.97. The Kier molecular flexibility index (Phi) is 2.59. The van der Waals surface area contributed by atoms with Crippen LogP contribution in [0.15, 0.2) is 24.3 Å². The lowest BCUT2D eigenvalue weighted by atomic mass is 10.1. The summed E-state index contributed by atoms with van der Waals surface area (Å²) in [6, 6.07) is 8.33. The maximum atomic E-state index is 5.93. The molecule has 76 valence electrons. The van der Waals surface area contributed by atoms with E-state index >= 15 is 0 Å². The fraction of sp³-hybridized carbons (Fsp3) is 0.455. The van der Waals surface area contributed by atoms with Crippen molar-refractivity contribution >= 4 is 11.4 Å². The fourth-order valence-electron chi connectivity index (χ4n) is 1.93. The molecule has 1 atom stereocenters. The van der Waals surface area contributed by atoms with Crippen LogP contribution in [-0.2, 0) is 0 Å². The van der Waals surface area contributed by atoms with Gasteiger partial charge in [-0.2, -0.15) is 0 Å². The van der Waals surface area contributed by atoms with E-state index in [4.69, 9.17) is 11.5 Å². The van der Waals surface area contributed by atoms with Crippen LogP contribution in [0, 0.1) is 0 Å². The molecule has 0 bridgehead atoms. The molecule has 0 aromatic heterocycles. The summed E-state index contributed by atoms with van der Waals surface area (Å²) < 4.78 is 0. The molecule has 1 heterocycles. The fourth-order valence-corrected chi connectivity index (χ4v) is 1.93. The van der Waals surface area contributed by atoms with Gasteiger partial charge in [-0.1, -0.05) is 0 Å². The van der Waals surface area contributed by atoms with Gasteiger partial charge in [0.1, 0.15) is 0 Å². The van der Waals surface area contributed by atoms with Crippen LogP contribution in [0.25, 0.3) is 0 Å². The van der Waals surface area contributed by atoms with Crippen LogP contribution in [0.3, 0.4) is 0 Å². The van der Waals surface area contributed by atoms with Crippen LogP contribution in [-0.4, -0.2) is 19.1 Å². The van der Waals surface area contributed by atoms with Gasteiger partial charge in [-0.25, -0.2) is 0 Å². The SMILES string of the molecule is Nc1ccc(N2CCCC(N)C2)cc1. The Morgan fingerprint density at radius 2 is 1.93 bits per heavy atom. The summed E-state index contributed by atoms with van der Waals surface area (Å²) in [5, 5.41) is 0. The van der Waals surface area contributed by atoms with Crippen molar-refractivity contribution in [2.24, 2.45) is 5.73 Å². The van der Waals surface area contributed by atoms with Gasteiger partial charge in [0.25, 0.3) is 0 Å². The molecule has 1 fully saturated rings. The molecule has 3 nitrogen and oxygen atoms in total. The highest BCUT2D eigenvalue weighted by Crippen LogP contribution is 2.20. The summed E-state index contributed by atoms with van der Waals surface area (Å²) in [4.78, 5) is 2.33. The van der Waals surface area contributed by atoms with Gasteiger partial charge in [-0.05, 0) is 37.1 Å². The molecule has 1 aromatic carbocycles. The van der Waals surface area contributed by atoms with Gasteiger partial charge in [-0.15, -0.1) is 0 Å². The van der Waals surface area contributed by atoms with Gasteiger partial charge >= 0.3 is 0 Å². The lowest BCUT2D eigenvalue weighted by Crippen LogP contribution is -2.42. The van der Waals surface area contributed by atoms with Crippen molar-refractivity contribution in [2.45, 2.75) is 18.9 Å². The Morgan fingerprint density at radius 1 is 1.21 bits per heavy atom. The minimum absolute atomic E-state index is 0.321. The minimum atomic E-state index is 0.321. The lowest BCUT2D eigenvalue weighted by Gasteiger charge is -2.32. The highest BCUT2D eigenvalue weighted by atomic mass is 15.1. The maximum absolute atomic E-state index is 5.93. The van der Waals surface area contributed by atoms with Crippen LogP contribution in [0.4, 0.5) is 11.4 Å². The van der Waals surface area contributed by atoms with E-state index in [1.165, 1.54) is 12.1 Å². The smallest absolute Gasteiger partial charge is 0.0368 e. The second kappa shape index (κ2) is 3.88. The van der Waals surface area contributed by atoms with Crippen molar-refractivity contribution in [1.29, 1.82) is 0 Å². The third-order valence-electron chi connectivity index (χ3n) is 2.72. The number of nitrogens with two attached hydrogens (primary N) is 2. The Morgan fingerprint density at radius 3 is 2.57 bits per heavy atom. The number of piperidine rings is 1. The zero-order valence-corrected chi connectivity index (χ0v) is 8.32. The largest absolute Gasteiger partial charge is 0.399 e. The normalized spacial score (nSPS) is 22.4. The van der Waals surface area contributed by atoms with E-state index in [-0.39, 0.29) is 0 Å². The van der Waals surface area contributed by atoms with E-state index < -0.39 is 0 Å². The van der Waals surface area contributed by atoms with Gasteiger partial charge in [0.15, 0.2) is 0 Å². The van der Waals surface area contributed by atoms with E-state index in [1.807, 2.05) is 12.1 Å². The predicted octanol–water partition coefficient (Wildman–Crippen LogP) is 1.20. The number of anilines is 2. The average Bonchev–Trinajstić information content (AvgIpc) is 2.19. The number of hydrogen-bond acceptors (Lipinski definition) is 3. The Hall–Kier alpha value is -1.22. The zero-order valence-electron chi connectivity index (χ0n) is 8.32. The van der Waals surface area contributed by atoms with Crippen molar-refractivity contribution in [3.8, 4) is 0 Å². The molecular weight excluding hydrogens is 174 g/mol. The molecule has 1 unspecified atom stereocenters. The number of benzene rings is 1. The van der Waals surface area contributed by atoms with Crippen LogP contribution in [0.5, 0.6) is 0 Å². The number of nitrogens with zero attached hydrogens (tertiary/aromatic N) is 1. The first kappa shape index (κ1) is 9.34. The Labute approximate surface area is 84.7 Å². The number of hydrogen-bond donors (Lipinski definition) is 2. The van der Waals surface area contributed by atoms with Crippen LogP contribution in [0.1, 0.15) is 12.8 Å². The molecule has 0 aliphatic carbocycles. The van der Waals surface area contributed by atoms with Crippen molar-refractivity contribution in [3.05, 3.63) is 24.3 Å². The van der Waals surface area contributed by atoms with E-state index in [2.05, 4.69) is 17.0 Å². The highest BCUT2D eigenvalue weighted by Gasteiger charge is 2.16. The molecule has 1 saturated heterocycles. The van der Waals surface area contributed by atoms with Gasteiger partial charge in [0.05, 0.1) is 0 Å². The second-order valence-electron chi connectivity index (χ2n) is 3.94. The third-order valence-corrected chi connectivity index (χ3v) is 2.72. The molecule has 1 aromatic rings. The highest BCUT2D eigenvalue weighted by molar-refractivity contribution is 5.53. The predicted molar refractivity (Wildman–Crippen MR) is 60.3 cm³/mol. The van der Waals surface area contributed by atoms with Crippen LogP contribution >= 0.6 is 0 Å². The second-order valence-corrected chi connectivity index (χ2v) is 3.94. The minimum Gasteiger partial charge on any atom is -0.399 e. The number of nitrogen functional groups attached to an aromatic ring is 1.